The normalized spacial score (nSPS) is 21.8. The Morgan fingerprint density at radius 1 is 0.860 bits per heavy atom. The Bertz CT molecular complexity index is 1480. The summed E-state index contributed by atoms with van der Waals surface area (Å²) in [6.07, 6.45) is 4.71. The highest BCUT2D eigenvalue weighted by molar-refractivity contribution is 6.00. The molecule has 2 aliphatic rings. The Morgan fingerprint density at radius 3 is 1.86 bits per heavy atom. The molecule has 0 saturated carbocycles. The first-order chi connectivity index (χ1) is 20.4. The van der Waals surface area contributed by atoms with Crippen molar-refractivity contribution in [2.75, 3.05) is 0 Å². The molecule has 6 N–H and O–H groups in total. The first kappa shape index (κ1) is 31.8. The van der Waals surface area contributed by atoms with E-state index in [0.29, 0.717) is 37.7 Å². The highest BCUT2D eigenvalue weighted by Crippen LogP contribution is 2.32. The molecule has 10 nitrogen and oxygen atoms in total. The van der Waals surface area contributed by atoms with Crippen molar-refractivity contribution in [2.24, 2.45) is 11.8 Å². The van der Waals surface area contributed by atoms with Gasteiger partial charge in [0, 0.05) is 72.4 Å². The van der Waals surface area contributed by atoms with E-state index in [-0.39, 0.29) is 48.6 Å². The lowest BCUT2D eigenvalue weighted by Crippen LogP contribution is -2.31. The molecule has 2 aromatic rings. The SMILES string of the molecule is C=CC1=C(C)[C@@H](Cc2[nH]c(Cc3[nH]c(CC4NC(=O)[C@H](C)[C@H]4CC)c(C)c3CCC(=O)O)c(CCC(=O)O)c2C)NC1=O. The molecule has 1 fully saturated rings. The van der Waals surface area contributed by atoms with E-state index in [4.69, 9.17) is 0 Å². The molecule has 2 aliphatic heterocycles. The maximum Gasteiger partial charge on any atom is 0.303 e. The lowest BCUT2D eigenvalue weighted by molar-refractivity contribution is -0.138. The predicted octanol–water partition coefficient (Wildman–Crippen LogP) is 3.83. The highest BCUT2D eigenvalue weighted by atomic mass is 16.4. The van der Waals surface area contributed by atoms with Gasteiger partial charge in [-0.1, -0.05) is 32.9 Å². The molecule has 0 spiro atoms. The summed E-state index contributed by atoms with van der Waals surface area (Å²) in [6, 6.07) is -0.201. The summed E-state index contributed by atoms with van der Waals surface area (Å²) < 4.78 is 0. The summed E-state index contributed by atoms with van der Waals surface area (Å²) in [5.74, 6) is -1.69. The third kappa shape index (κ3) is 6.63. The molecular formula is C33H44N4O6. The zero-order valence-corrected chi connectivity index (χ0v) is 25.8. The largest absolute Gasteiger partial charge is 0.481 e. The lowest BCUT2D eigenvalue weighted by Gasteiger charge is -2.19. The Balaban J connectivity index is 1.69. The number of amides is 2. The Hall–Kier alpha value is -4.08. The molecule has 0 bridgehead atoms. The number of H-pyrrole nitrogens is 2. The fraction of sp³-hybridized carbons (Fsp3) is 0.515. The van der Waals surface area contributed by atoms with Crippen molar-refractivity contribution in [3.8, 4) is 0 Å². The number of carboxylic acid groups (broad SMARTS) is 2. The van der Waals surface area contributed by atoms with Crippen LogP contribution in [0, 0.1) is 25.7 Å². The second kappa shape index (κ2) is 13.1. The molecule has 43 heavy (non-hydrogen) atoms. The van der Waals surface area contributed by atoms with Crippen LogP contribution in [0.3, 0.4) is 0 Å². The quantitative estimate of drug-likeness (QED) is 0.195. The molecular weight excluding hydrogens is 548 g/mol. The van der Waals surface area contributed by atoms with Gasteiger partial charge >= 0.3 is 11.9 Å². The smallest absolute Gasteiger partial charge is 0.303 e. The van der Waals surface area contributed by atoms with Crippen LogP contribution in [0.2, 0.25) is 0 Å². The first-order valence-electron chi connectivity index (χ1n) is 15.1. The Labute approximate surface area is 252 Å². The minimum atomic E-state index is -0.885. The monoisotopic (exact) mass is 592 g/mol. The molecule has 0 radical (unpaired) electrons. The van der Waals surface area contributed by atoms with Crippen LogP contribution < -0.4 is 10.6 Å². The van der Waals surface area contributed by atoms with E-state index < -0.39 is 11.9 Å². The molecule has 0 aromatic carbocycles. The first-order valence-corrected chi connectivity index (χ1v) is 15.1. The van der Waals surface area contributed by atoms with Crippen molar-refractivity contribution in [2.45, 2.75) is 98.1 Å². The summed E-state index contributed by atoms with van der Waals surface area (Å²) in [7, 11) is 0. The van der Waals surface area contributed by atoms with E-state index >= 15 is 0 Å². The van der Waals surface area contributed by atoms with Gasteiger partial charge in [-0.2, -0.15) is 0 Å². The maximum atomic E-state index is 12.4. The Kier molecular flexibility index (Phi) is 9.67. The van der Waals surface area contributed by atoms with Gasteiger partial charge in [0.25, 0.3) is 5.91 Å². The van der Waals surface area contributed by atoms with Crippen molar-refractivity contribution < 1.29 is 29.4 Å². The van der Waals surface area contributed by atoms with E-state index in [1.54, 1.807) is 6.08 Å². The second-order valence-corrected chi connectivity index (χ2v) is 12.0. The van der Waals surface area contributed by atoms with Crippen LogP contribution >= 0.6 is 0 Å². The van der Waals surface area contributed by atoms with Crippen LogP contribution in [0.15, 0.2) is 23.8 Å². The second-order valence-electron chi connectivity index (χ2n) is 12.0. The number of aromatic nitrogens is 2. The molecule has 4 heterocycles. The number of carbonyl (C=O) groups is 4. The molecule has 1 unspecified atom stereocenters. The lowest BCUT2D eigenvalue weighted by atomic mass is 9.87. The number of rotatable bonds is 14. The fourth-order valence-electron chi connectivity index (χ4n) is 6.94. The van der Waals surface area contributed by atoms with Gasteiger partial charge in [-0.05, 0) is 67.4 Å². The predicted molar refractivity (Wildman–Crippen MR) is 163 cm³/mol. The van der Waals surface area contributed by atoms with Crippen LogP contribution in [0.4, 0.5) is 0 Å². The summed E-state index contributed by atoms with van der Waals surface area (Å²) in [5.41, 5.74) is 9.01. The minimum absolute atomic E-state index is 0.00569. The summed E-state index contributed by atoms with van der Waals surface area (Å²) in [6.45, 7) is 13.7. The third-order valence-corrected chi connectivity index (χ3v) is 9.58. The number of carboxylic acids is 2. The molecule has 10 heteroatoms. The van der Waals surface area contributed by atoms with E-state index in [0.717, 1.165) is 57.0 Å². The van der Waals surface area contributed by atoms with Gasteiger partial charge in [0.05, 0.1) is 6.04 Å². The molecule has 4 atom stereocenters. The van der Waals surface area contributed by atoms with E-state index in [1.165, 1.54) is 0 Å². The van der Waals surface area contributed by atoms with E-state index in [2.05, 4.69) is 34.1 Å². The summed E-state index contributed by atoms with van der Waals surface area (Å²) in [4.78, 5) is 55.0. The van der Waals surface area contributed by atoms with Crippen molar-refractivity contribution >= 4 is 23.8 Å². The van der Waals surface area contributed by atoms with Gasteiger partial charge in [0.15, 0.2) is 0 Å². The maximum absolute atomic E-state index is 12.4. The van der Waals surface area contributed by atoms with Crippen LogP contribution in [0.1, 0.15) is 85.1 Å². The number of carbonyl (C=O) groups excluding carboxylic acids is 2. The van der Waals surface area contributed by atoms with Crippen LogP contribution in [0.5, 0.6) is 0 Å². The van der Waals surface area contributed by atoms with E-state index in [9.17, 15) is 29.4 Å². The zero-order chi connectivity index (χ0) is 31.6. The van der Waals surface area contributed by atoms with Gasteiger partial charge in [-0.3, -0.25) is 19.2 Å². The van der Waals surface area contributed by atoms with Gasteiger partial charge in [0.2, 0.25) is 5.91 Å². The number of aliphatic carboxylic acids is 2. The van der Waals surface area contributed by atoms with Crippen molar-refractivity contribution in [1.82, 2.24) is 20.6 Å². The van der Waals surface area contributed by atoms with Crippen molar-refractivity contribution in [3.05, 3.63) is 68.8 Å². The number of hydrogen-bond acceptors (Lipinski definition) is 4. The van der Waals surface area contributed by atoms with Crippen LogP contribution in [-0.2, 0) is 51.3 Å². The number of nitrogens with one attached hydrogen (secondary N) is 4. The van der Waals surface area contributed by atoms with Crippen LogP contribution in [-0.4, -0.2) is 56.0 Å². The average molecular weight is 593 g/mol. The van der Waals surface area contributed by atoms with Gasteiger partial charge in [-0.25, -0.2) is 0 Å². The topological polar surface area (TPSA) is 164 Å². The van der Waals surface area contributed by atoms with Gasteiger partial charge < -0.3 is 30.8 Å². The molecule has 1 saturated heterocycles. The standard InChI is InChI=1S/C33H44N4O6/c1-7-20-19(6)32(42)37-27(20)14-25-18(5)23(10-12-31(40)41)29(35-25)15-28-22(9-11-30(38)39)17(4)24(34-28)13-26-16(3)21(8-2)33(43)36-26/h8,19-20,26-27,34-35H,2,7,9-15H2,1,3-6H3,(H,36,43)(H,37,42)(H,38,39)(H,40,41)/t19-,20-,26-,27?/m1/s1. The molecule has 0 aliphatic carbocycles. The number of hydrogen-bond donors (Lipinski definition) is 6. The highest BCUT2D eigenvalue weighted by Gasteiger charge is 2.38. The molecule has 232 valence electrons. The van der Waals surface area contributed by atoms with Crippen molar-refractivity contribution in [1.29, 1.82) is 0 Å². The summed E-state index contributed by atoms with van der Waals surface area (Å²) >= 11 is 0. The molecule has 2 amide bonds. The minimum Gasteiger partial charge on any atom is -0.481 e. The van der Waals surface area contributed by atoms with E-state index in [1.807, 2.05) is 27.7 Å². The van der Waals surface area contributed by atoms with Crippen LogP contribution in [0.25, 0.3) is 0 Å². The molecule has 4 rings (SSSR count). The average Bonchev–Trinajstić information content (AvgIpc) is 3.59. The molecule has 2 aromatic heterocycles. The fourth-order valence-corrected chi connectivity index (χ4v) is 6.94. The Morgan fingerprint density at radius 2 is 1.40 bits per heavy atom. The zero-order valence-electron chi connectivity index (χ0n) is 25.8. The summed E-state index contributed by atoms with van der Waals surface area (Å²) in [5, 5.41) is 25.1. The van der Waals surface area contributed by atoms with Gasteiger partial charge in [-0.15, -0.1) is 0 Å². The number of aromatic amines is 2. The van der Waals surface area contributed by atoms with Crippen molar-refractivity contribution in [3.63, 3.8) is 0 Å². The third-order valence-electron chi connectivity index (χ3n) is 9.58. The van der Waals surface area contributed by atoms with Gasteiger partial charge in [0.1, 0.15) is 0 Å².